The van der Waals surface area contributed by atoms with Crippen LogP contribution in [0, 0.1) is 5.92 Å². The molecule has 1 amide bonds. The van der Waals surface area contributed by atoms with Crippen molar-refractivity contribution < 1.29 is 9.90 Å². The highest BCUT2D eigenvalue weighted by atomic mass is 16.3. The first kappa shape index (κ1) is 16.5. The second-order valence-corrected chi connectivity index (χ2v) is 6.35. The molecule has 1 aromatic carbocycles. The number of pyridine rings is 1. The lowest BCUT2D eigenvalue weighted by atomic mass is 10.1. The Hall–Kier alpha value is -2.40. The summed E-state index contributed by atoms with van der Waals surface area (Å²) in [4.78, 5) is 18.4. The second kappa shape index (κ2) is 7.45. The monoisotopic (exact) mass is 325 g/mol. The van der Waals surface area contributed by atoms with E-state index in [0.29, 0.717) is 24.6 Å². The molecule has 1 aliphatic rings. The third kappa shape index (κ3) is 4.11. The Kier molecular flexibility index (Phi) is 5.11. The minimum Gasteiger partial charge on any atom is -0.391 e. The number of benzene rings is 1. The summed E-state index contributed by atoms with van der Waals surface area (Å²) in [5.74, 6) is 0.281. The van der Waals surface area contributed by atoms with Crippen LogP contribution in [0.15, 0.2) is 48.8 Å². The van der Waals surface area contributed by atoms with Crippen LogP contribution in [0.3, 0.4) is 0 Å². The normalized spacial score (nSPS) is 14.9. The van der Waals surface area contributed by atoms with Gasteiger partial charge in [0.05, 0.1) is 11.7 Å². The van der Waals surface area contributed by atoms with Gasteiger partial charge in [0.25, 0.3) is 5.91 Å². The van der Waals surface area contributed by atoms with Gasteiger partial charge in [-0.25, -0.2) is 0 Å². The molecule has 126 valence electrons. The zero-order valence-corrected chi connectivity index (χ0v) is 13.9. The van der Waals surface area contributed by atoms with Gasteiger partial charge >= 0.3 is 0 Å². The largest absolute Gasteiger partial charge is 0.391 e. The maximum atomic E-state index is 12.7. The first-order valence-corrected chi connectivity index (χ1v) is 8.30. The number of aliphatic hydroxyl groups excluding tert-OH is 1. The Morgan fingerprint density at radius 2 is 2.12 bits per heavy atom. The van der Waals surface area contributed by atoms with Crippen LogP contribution in [0.5, 0.6) is 0 Å². The number of rotatable bonds is 7. The molecule has 1 fully saturated rings. The van der Waals surface area contributed by atoms with E-state index in [-0.39, 0.29) is 5.91 Å². The number of carbonyl (C=O) groups is 1. The molecule has 2 N–H and O–H groups in total. The molecule has 1 aromatic heterocycles. The van der Waals surface area contributed by atoms with Gasteiger partial charge in [0, 0.05) is 38.2 Å². The molecule has 0 radical (unpaired) electrons. The smallest absolute Gasteiger partial charge is 0.255 e. The van der Waals surface area contributed by atoms with Crippen molar-refractivity contribution in [1.82, 2.24) is 9.88 Å². The van der Waals surface area contributed by atoms with Crippen LogP contribution in [0.2, 0.25) is 0 Å². The molecule has 1 atom stereocenters. The molecule has 2 aromatic rings. The quantitative estimate of drug-likeness (QED) is 0.821. The number of anilines is 1. The standard InChI is InChI=1S/C19H23N3O2/c1-22(13-18(23)15-8-9-15)19(24)16-6-2-3-7-17(16)21-12-14-5-4-10-20-11-14/h2-7,10-11,15,18,21,23H,8-9,12-13H2,1H3. The molecular weight excluding hydrogens is 302 g/mol. The molecule has 1 saturated carbocycles. The molecule has 1 heterocycles. The van der Waals surface area contributed by atoms with Gasteiger partial charge in [-0.3, -0.25) is 9.78 Å². The molecule has 24 heavy (non-hydrogen) atoms. The van der Waals surface area contributed by atoms with Crippen molar-refractivity contribution in [2.45, 2.75) is 25.5 Å². The lowest BCUT2D eigenvalue weighted by Crippen LogP contribution is -2.35. The van der Waals surface area contributed by atoms with Crippen LogP contribution in [-0.2, 0) is 6.54 Å². The molecule has 1 aliphatic carbocycles. The number of hydrogen-bond donors (Lipinski definition) is 2. The summed E-state index contributed by atoms with van der Waals surface area (Å²) in [5.41, 5.74) is 2.46. The van der Waals surface area contributed by atoms with E-state index >= 15 is 0 Å². The van der Waals surface area contributed by atoms with E-state index in [4.69, 9.17) is 0 Å². The van der Waals surface area contributed by atoms with Crippen LogP contribution in [-0.4, -0.2) is 40.6 Å². The van der Waals surface area contributed by atoms with E-state index < -0.39 is 6.10 Å². The summed E-state index contributed by atoms with van der Waals surface area (Å²) < 4.78 is 0. The van der Waals surface area contributed by atoms with Crippen LogP contribution >= 0.6 is 0 Å². The van der Waals surface area contributed by atoms with E-state index in [0.717, 1.165) is 24.1 Å². The van der Waals surface area contributed by atoms with E-state index in [1.165, 1.54) is 0 Å². The van der Waals surface area contributed by atoms with Crippen LogP contribution < -0.4 is 5.32 Å². The van der Waals surface area contributed by atoms with Gasteiger partial charge in [-0.1, -0.05) is 18.2 Å². The Labute approximate surface area is 142 Å². The molecule has 0 saturated heterocycles. The predicted molar refractivity (Wildman–Crippen MR) is 93.7 cm³/mol. The minimum absolute atomic E-state index is 0.0796. The summed E-state index contributed by atoms with van der Waals surface area (Å²) in [7, 11) is 1.74. The highest BCUT2D eigenvalue weighted by Crippen LogP contribution is 2.33. The predicted octanol–water partition coefficient (Wildman–Crippen LogP) is 2.54. The molecule has 5 heteroatoms. The first-order chi connectivity index (χ1) is 11.6. The number of amides is 1. The van der Waals surface area contributed by atoms with Gasteiger partial charge in [-0.15, -0.1) is 0 Å². The minimum atomic E-state index is -0.422. The van der Waals surface area contributed by atoms with Crippen molar-refractivity contribution in [2.24, 2.45) is 5.92 Å². The lowest BCUT2D eigenvalue weighted by molar-refractivity contribution is 0.0646. The van der Waals surface area contributed by atoms with Gasteiger partial charge in [0.2, 0.25) is 0 Å². The van der Waals surface area contributed by atoms with Crippen LogP contribution in [0.25, 0.3) is 0 Å². The number of aromatic nitrogens is 1. The van der Waals surface area contributed by atoms with E-state index in [1.54, 1.807) is 24.3 Å². The maximum absolute atomic E-state index is 12.7. The number of hydrogen-bond acceptors (Lipinski definition) is 4. The Morgan fingerprint density at radius 1 is 1.33 bits per heavy atom. The SMILES string of the molecule is CN(CC(O)C1CC1)C(=O)c1ccccc1NCc1cccnc1. The fourth-order valence-electron chi connectivity index (χ4n) is 2.72. The zero-order valence-electron chi connectivity index (χ0n) is 13.9. The summed E-state index contributed by atoms with van der Waals surface area (Å²) in [6.07, 6.45) is 5.24. The summed E-state index contributed by atoms with van der Waals surface area (Å²) in [6, 6.07) is 11.3. The lowest BCUT2D eigenvalue weighted by Gasteiger charge is -2.22. The van der Waals surface area contributed by atoms with Crippen molar-refractivity contribution in [3.05, 3.63) is 59.9 Å². The number of carbonyl (C=O) groups excluding carboxylic acids is 1. The van der Waals surface area contributed by atoms with Gasteiger partial charge in [0.15, 0.2) is 0 Å². The molecular formula is C19H23N3O2. The molecule has 0 spiro atoms. The molecule has 1 unspecified atom stereocenters. The van der Waals surface area contributed by atoms with Crippen molar-refractivity contribution in [2.75, 3.05) is 18.9 Å². The fraction of sp³-hybridized carbons (Fsp3) is 0.368. The highest BCUT2D eigenvalue weighted by molar-refractivity contribution is 5.99. The zero-order chi connectivity index (χ0) is 16.9. The average molecular weight is 325 g/mol. The first-order valence-electron chi connectivity index (χ1n) is 8.30. The summed E-state index contributed by atoms with van der Waals surface area (Å²) in [6.45, 7) is 0.979. The molecule has 3 rings (SSSR count). The topological polar surface area (TPSA) is 65.5 Å². The molecule has 0 bridgehead atoms. The fourth-order valence-corrected chi connectivity index (χ4v) is 2.72. The van der Waals surface area contributed by atoms with E-state index in [2.05, 4.69) is 10.3 Å². The highest BCUT2D eigenvalue weighted by Gasteiger charge is 2.31. The summed E-state index contributed by atoms with van der Waals surface area (Å²) >= 11 is 0. The Balaban J connectivity index is 1.67. The van der Waals surface area contributed by atoms with Crippen LogP contribution in [0.1, 0.15) is 28.8 Å². The van der Waals surface area contributed by atoms with Gasteiger partial charge < -0.3 is 15.3 Å². The maximum Gasteiger partial charge on any atom is 0.255 e. The molecule has 0 aliphatic heterocycles. The average Bonchev–Trinajstić information content (AvgIpc) is 3.45. The van der Waals surface area contributed by atoms with Gasteiger partial charge in [-0.05, 0) is 42.5 Å². The third-order valence-corrected chi connectivity index (χ3v) is 4.34. The number of aliphatic hydroxyl groups is 1. The number of nitrogens with zero attached hydrogens (tertiary/aromatic N) is 2. The number of likely N-dealkylation sites (N-methyl/N-ethyl adjacent to an activating group) is 1. The number of nitrogens with one attached hydrogen (secondary N) is 1. The van der Waals surface area contributed by atoms with Crippen molar-refractivity contribution >= 4 is 11.6 Å². The molecule has 5 nitrogen and oxygen atoms in total. The van der Waals surface area contributed by atoms with Crippen molar-refractivity contribution in [3.8, 4) is 0 Å². The Morgan fingerprint density at radius 3 is 2.83 bits per heavy atom. The summed E-state index contributed by atoms with van der Waals surface area (Å²) in [5, 5.41) is 13.4. The van der Waals surface area contributed by atoms with Gasteiger partial charge in [0.1, 0.15) is 0 Å². The van der Waals surface area contributed by atoms with Crippen LogP contribution in [0.4, 0.5) is 5.69 Å². The van der Waals surface area contributed by atoms with Crippen molar-refractivity contribution in [1.29, 1.82) is 0 Å². The second-order valence-electron chi connectivity index (χ2n) is 6.35. The number of para-hydroxylation sites is 1. The Bertz CT molecular complexity index is 686. The van der Waals surface area contributed by atoms with Gasteiger partial charge in [-0.2, -0.15) is 0 Å². The van der Waals surface area contributed by atoms with E-state index in [1.807, 2.05) is 36.4 Å². The third-order valence-electron chi connectivity index (χ3n) is 4.34. The van der Waals surface area contributed by atoms with E-state index in [9.17, 15) is 9.90 Å². The van der Waals surface area contributed by atoms with Crippen molar-refractivity contribution in [3.63, 3.8) is 0 Å².